The minimum atomic E-state index is -3.90. The maximum absolute atomic E-state index is 12.7. The number of nitrogen functional groups attached to an aromatic ring is 1. The highest BCUT2D eigenvalue weighted by molar-refractivity contribution is 7.89. The molecule has 0 aliphatic rings. The fourth-order valence-corrected chi connectivity index (χ4v) is 3.48. The van der Waals surface area contributed by atoms with Crippen molar-refractivity contribution in [2.45, 2.75) is 43.7 Å². The largest absolute Gasteiger partial charge is 0.459 e. The third-order valence-electron chi connectivity index (χ3n) is 3.46. The molecule has 0 aliphatic carbocycles. The van der Waals surface area contributed by atoms with Crippen LogP contribution in [0.2, 0.25) is 0 Å². The molecule has 3 N–H and O–H groups in total. The molecule has 0 spiro atoms. The Balaban J connectivity index is 2.27. The predicted octanol–water partition coefficient (Wildman–Crippen LogP) is 2.50. The van der Waals surface area contributed by atoms with E-state index in [1.165, 1.54) is 24.3 Å². The summed E-state index contributed by atoms with van der Waals surface area (Å²) in [6.45, 7) is 5.21. The van der Waals surface area contributed by atoms with Crippen LogP contribution in [0.1, 0.15) is 26.3 Å². The molecular weight excluding hydrogens is 352 g/mol. The quantitative estimate of drug-likeness (QED) is 0.596. The Kier molecular flexibility index (Phi) is 6.05. The van der Waals surface area contributed by atoms with Crippen molar-refractivity contribution in [1.29, 1.82) is 0 Å². The van der Waals surface area contributed by atoms with Gasteiger partial charge in [0, 0.05) is 5.69 Å². The molecule has 26 heavy (non-hydrogen) atoms. The lowest BCUT2D eigenvalue weighted by molar-refractivity contribution is -0.156. The van der Waals surface area contributed by atoms with E-state index in [0.29, 0.717) is 5.69 Å². The van der Waals surface area contributed by atoms with E-state index in [1.807, 2.05) is 30.3 Å². The second kappa shape index (κ2) is 7.88. The fraction of sp³-hybridized carbons (Fsp3) is 0.316. The number of ether oxygens (including phenoxy) is 1. The van der Waals surface area contributed by atoms with Gasteiger partial charge in [-0.2, -0.15) is 4.72 Å². The van der Waals surface area contributed by atoms with Crippen LogP contribution in [0.3, 0.4) is 0 Å². The number of benzene rings is 2. The number of anilines is 1. The lowest BCUT2D eigenvalue weighted by atomic mass is 10.1. The summed E-state index contributed by atoms with van der Waals surface area (Å²) in [5.74, 6) is -0.625. The van der Waals surface area contributed by atoms with E-state index >= 15 is 0 Å². The predicted molar refractivity (Wildman–Crippen MR) is 101 cm³/mol. The average molecular weight is 376 g/mol. The van der Waals surface area contributed by atoms with Crippen molar-refractivity contribution in [3.05, 3.63) is 60.2 Å². The van der Waals surface area contributed by atoms with Crippen molar-refractivity contribution in [3.8, 4) is 0 Å². The van der Waals surface area contributed by atoms with Crippen molar-refractivity contribution in [3.63, 3.8) is 0 Å². The summed E-state index contributed by atoms with van der Waals surface area (Å²) in [5.41, 5.74) is 6.16. The highest BCUT2D eigenvalue weighted by Crippen LogP contribution is 2.16. The first kappa shape index (κ1) is 19.9. The first-order valence-electron chi connectivity index (χ1n) is 8.21. The summed E-state index contributed by atoms with van der Waals surface area (Å²) >= 11 is 0. The molecule has 2 rings (SSSR count). The summed E-state index contributed by atoms with van der Waals surface area (Å²) in [6, 6.07) is 13.9. The SMILES string of the molecule is CC(C)(C)OC(=O)C(Cc1ccccc1)NS(=O)(=O)c1ccc(N)cc1. The zero-order chi connectivity index (χ0) is 19.4. The lowest BCUT2D eigenvalue weighted by Gasteiger charge is -2.24. The van der Waals surface area contributed by atoms with Gasteiger partial charge in [0.15, 0.2) is 0 Å². The summed E-state index contributed by atoms with van der Waals surface area (Å²) in [6.07, 6.45) is 0.184. The number of hydrogen-bond donors (Lipinski definition) is 2. The molecule has 0 radical (unpaired) electrons. The second-order valence-electron chi connectivity index (χ2n) is 6.97. The molecule has 0 fully saturated rings. The van der Waals surface area contributed by atoms with Gasteiger partial charge in [-0.05, 0) is 57.0 Å². The van der Waals surface area contributed by atoms with Gasteiger partial charge in [-0.25, -0.2) is 8.42 Å². The van der Waals surface area contributed by atoms with Crippen molar-refractivity contribution in [1.82, 2.24) is 4.72 Å². The Hall–Kier alpha value is -2.38. The van der Waals surface area contributed by atoms with Crippen LogP contribution in [-0.4, -0.2) is 26.0 Å². The van der Waals surface area contributed by atoms with Gasteiger partial charge in [0.25, 0.3) is 0 Å². The Bertz CT molecular complexity index is 841. The summed E-state index contributed by atoms with van der Waals surface area (Å²) in [4.78, 5) is 12.6. The minimum absolute atomic E-state index is 0.0355. The van der Waals surface area contributed by atoms with Gasteiger partial charge in [-0.15, -0.1) is 0 Å². The van der Waals surface area contributed by atoms with E-state index in [0.717, 1.165) is 5.56 Å². The average Bonchev–Trinajstić information content (AvgIpc) is 2.54. The van der Waals surface area contributed by atoms with Crippen molar-refractivity contribution in [2.75, 3.05) is 5.73 Å². The third-order valence-corrected chi connectivity index (χ3v) is 4.95. The summed E-state index contributed by atoms with van der Waals surface area (Å²) in [7, 11) is -3.90. The van der Waals surface area contributed by atoms with E-state index in [2.05, 4.69) is 4.72 Å². The number of carbonyl (C=O) groups excluding carboxylic acids is 1. The number of hydrogen-bond acceptors (Lipinski definition) is 5. The molecule has 140 valence electrons. The molecule has 1 unspecified atom stereocenters. The molecule has 0 saturated carbocycles. The molecule has 2 aromatic rings. The molecule has 0 heterocycles. The monoisotopic (exact) mass is 376 g/mol. The van der Waals surface area contributed by atoms with Crippen LogP contribution < -0.4 is 10.5 Å². The van der Waals surface area contributed by atoms with Gasteiger partial charge in [0.05, 0.1) is 4.90 Å². The van der Waals surface area contributed by atoms with Crippen LogP contribution in [0.4, 0.5) is 5.69 Å². The number of nitrogens with one attached hydrogen (secondary N) is 1. The first-order chi connectivity index (χ1) is 12.1. The zero-order valence-corrected chi connectivity index (χ0v) is 15.9. The topological polar surface area (TPSA) is 98.5 Å². The number of nitrogens with two attached hydrogens (primary N) is 1. The molecule has 6 nitrogen and oxygen atoms in total. The van der Waals surface area contributed by atoms with Gasteiger partial charge in [0.1, 0.15) is 11.6 Å². The van der Waals surface area contributed by atoms with Crippen LogP contribution in [-0.2, 0) is 26.0 Å². The smallest absolute Gasteiger partial charge is 0.325 e. The molecular formula is C19H24N2O4S. The lowest BCUT2D eigenvalue weighted by Crippen LogP contribution is -2.45. The molecule has 0 bridgehead atoms. The second-order valence-corrected chi connectivity index (χ2v) is 8.68. The molecule has 0 aliphatic heterocycles. The van der Waals surface area contributed by atoms with E-state index in [9.17, 15) is 13.2 Å². The number of rotatable bonds is 6. The first-order valence-corrected chi connectivity index (χ1v) is 9.70. The minimum Gasteiger partial charge on any atom is -0.459 e. The molecule has 0 aromatic heterocycles. The van der Waals surface area contributed by atoms with Gasteiger partial charge in [-0.1, -0.05) is 30.3 Å². The molecule has 1 atom stereocenters. The Morgan fingerprint density at radius 3 is 2.19 bits per heavy atom. The molecule has 0 amide bonds. The maximum atomic E-state index is 12.7. The highest BCUT2D eigenvalue weighted by Gasteiger charge is 2.30. The van der Waals surface area contributed by atoms with Gasteiger partial charge >= 0.3 is 5.97 Å². The molecule has 0 saturated heterocycles. The van der Waals surface area contributed by atoms with Crippen LogP contribution in [0, 0.1) is 0 Å². The molecule has 2 aromatic carbocycles. The van der Waals surface area contributed by atoms with Crippen LogP contribution >= 0.6 is 0 Å². The normalized spacial score (nSPS) is 13.2. The third kappa shape index (κ3) is 5.86. The van der Waals surface area contributed by atoms with E-state index in [1.54, 1.807) is 20.8 Å². The van der Waals surface area contributed by atoms with Crippen molar-refractivity contribution < 1.29 is 17.9 Å². The van der Waals surface area contributed by atoms with Gasteiger partial charge < -0.3 is 10.5 Å². The van der Waals surface area contributed by atoms with Crippen LogP contribution in [0.15, 0.2) is 59.5 Å². The standard InChI is InChI=1S/C19H24N2O4S/c1-19(2,3)25-18(22)17(13-14-7-5-4-6-8-14)21-26(23,24)16-11-9-15(20)10-12-16/h4-12,17,21H,13,20H2,1-3H3. The van der Waals surface area contributed by atoms with Crippen molar-refractivity contribution >= 4 is 21.7 Å². The maximum Gasteiger partial charge on any atom is 0.325 e. The van der Waals surface area contributed by atoms with E-state index < -0.39 is 27.6 Å². The summed E-state index contributed by atoms with van der Waals surface area (Å²) in [5, 5.41) is 0. The zero-order valence-electron chi connectivity index (χ0n) is 15.1. The van der Waals surface area contributed by atoms with Gasteiger partial charge in [0.2, 0.25) is 10.0 Å². The number of carbonyl (C=O) groups is 1. The van der Waals surface area contributed by atoms with E-state index in [4.69, 9.17) is 10.5 Å². The Labute approximate surface area is 154 Å². The number of sulfonamides is 1. The summed E-state index contributed by atoms with van der Waals surface area (Å²) < 4.78 is 33.2. The Morgan fingerprint density at radius 1 is 1.08 bits per heavy atom. The molecule has 7 heteroatoms. The van der Waals surface area contributed by atoms with Crippen LogP contribution in [0.25, 0.3) is 0 Å². The van der Waals surface area contributed by atoms with Gasteiger partial charge in [-0.3, -0.25) is 4.79 Å². The fourth-order valence-electron chi connectivity index (χ4n) is 2.30. The highest BCUT2D eigenvalue weighted by atomic mass is 32.2. The van der Waals surface area contributed by atoms with Crippen molar-refractivity contribution in [2.24, 2.45) is 0 Å². The van der Waals surface area contributed by atoms with Crippen LogP contribution in [0.5, 0.6) is 0 Å². The van der Waals surface area contributed by atoms with E-state index in [-0.39, 0.29) is 11.3 Å². The number of esters is 1. The Morgan fingerprint density at radius 2 is 1.65 bits per heavy atom.